The number of ether oxygens (including phenoxy) is 2. The number of nitrogens with one attached hydrogen (secondary N) is 1. The summed E-state index contributed by atoms with van der Waals surface area (Å²) in [5.74, 6) is -1.25. The molecule has 2 N–H and O–H groups in total. The van der Waals surface area contributed by atoms with Crippen molar-refractivity contribution in [2.75, 3.05) is 20.3 Å². The maximum atomic E-state index is 13.5. The molecule has 184 valence electrons. The molecule has 3 aromatic rings. The normalized spacial score (nSPS) is 24.2. The lowest BCUT2D eigenvalue weighted by molar-refractivity contribution is -0.144. The van der Waals surface area contributed by atoms with Crippen molar-refractivity contribution in [2.45, 2.75) is 30.5 Å². The van der Waals surface area contributed by atoms with E-state index in [1.54, 1.807) is 24.3 Å². The van der Waals surface area contributed by atoms with Crippen LogP contribution in [0.25, 0.3) is 17.0 Å². The fraction of sp³-hybridized carbons (Fsp3) is 0.360. The van der Waals surface area contributed by atoms with Gasteiger partial charge in [-0.15, -0.1) is 0 Å². The van der Waals surface area contributed by atoms with E-state index in [1.165, 1.54) is 19.2 Å². The molecule has 1 aromatic carbocycles. The quantitative estimate of drug-likeness (QED) is 0.495. The first-order chi connectivity index (χ1) is 16.7. The van der Waals surface area contributed by atoms with Crippen LogP contribution in [0.3, 0.4) is 0 Å². The molecule has 0 unspecified atom stereocenters. The van der Waals surface area contributed by atoms with Gasteiger partial charge in [-0.3, -0.25) is 0 Å². The molecule has 2 aliphatic rings. The summed E-state index contributed by atoms with van der Waals surface area (Å²) in [4.78, 5) is 10.3. The molecule has 1 fully saturated rings. The van der Waals surface area contributed by atoms with E-state index in [2.05, 4.69) is 15.0 Å². The summed E-state index contributed by atoms with van der Waals surface area (Å²) >= 11 is 0. The lowest BCUT2D eigenvalue weighted by Crippen LogP contribution is -2.33. The molecular formula is C25H23F4N3O3. The van der Waals surface area contributed by atoms with Crippen LogP contribution in [0.5, 0.6) is 5.75 Å². The van der Waals surface area contributed by atoms with Crippen LogP contribution in [-0.2, 0) is 10.9 Å². The maximum Gasteiger partial charge on any atom is 0.449 e. The van der Waals surface area contributed by atoms with Crippen molar-refractivity contribution in [3.63, 3.8) is 0 Å². The Morgan fingerprint density at radius 1 is 1.20 bits per heavy atom. The first-order valence-electron chi connectivity index (χ1n) is 11.1. The molecule has 3 heterocycles. The van der Waals surface area contributed by atoms with E-state index >= 15 is 0 Å². The van der Waals surface area contributed by atoms with Crippen LogP contribution in [0.4, 0.5) is 17.6 Å². The van der Waals surface area contributed by atoms with E-state index in [1.807, 2.05) is 6.08 Å². The number of H-pyrrole nitrogens is 1. The number of nitrogens with zero attached hydrogens (tertiary/aromatic N) is 2. The summed E-state index contributed by atoms with van der Waals surface area (Å²) < 4.78 is 64.3. The third-order valence-corrected chi connectivity index (χ3v) is 6.78. The molecular weight excluding hydrogens is 466 g/mol. The molecule has 1 aliphatic heterocycles. The second-order valence-corrected chi connectivity index (χ2v) is 8.81. The molecule has 0 saturated heterocycles. The van der Waals surface area contributed by atoms with Crippen molar-refractivity contribution in [2.24, 2.45) is 5.92 Å². The number of halogens is 4. The Morgan fingerprint density at radius 3 is 2.63 bits per heavy atom. The lowest BCUT2D eigenvalue weighted by atomic mass is 9.80. The van der Waals surface area contributed by atoms with Gasteiger partial charge in [0, 0.05) is 18.1 Å². The van der Waals surface area contributed by atoms with Crippen molar-refractivity contribution in [1.29, 1.82) is 0 Å². The van der Waals surface area contributed by atoms with E-state index in [-0.39, 0.29) is 42.3 Å². The molecule has 1 spiro atoms. The number of aliphatic hydroxyl groups excluding tert-OH is 1. The van der Waals surface area contributed by atoms with Gasteiger partial charge >= 0.3 is 6.18 Å². The molecule has 35 heavy (non-hydrogen) atoms. The summed E-state index contributed by atoms with van der Waals surface area (Å²) in [6, 6.07) is 9.40. The van der Waals surface area contributed by atoms with Gasteiger partial charge in [-0.1, -0.05) is 12.1 Å². The Morgan fingerprint density at radius 2 is 1.97 bits per heavy atom. The Kier molecular flexibility index (Phi) is 5.88. The van der Waals surface area contributed by atoms with Crippen LogP contribution in [-0.4, -0.2) is 46.0 Å². The number of benzene rings is 1. The summed E-state index contributed by atoms with van der Waals surface area (Å²) in [7, 11) is 1.49. The zero-order valence-corrected chi connectivity index (χ0v) is 18.8. The van der Waals surface area contributed by atoms with Gasteiger partial charge in [0.1, 0.15) is 17.3 Å². The fourth-order valence-corrected chi connectivity index (χ4v) is 5.19. The molecule has 3 atom stereocenters. The Balaban J connectivity index is 1.54. The van der Waals surface area contributed by atoms with Gasteiger partial charge in [0.2, 0.25) is 5.82 Å². The average molecular weight is 489 g/mol. The van der Waals surface area contributed by atoms with Gasteiger partial charge in [-0.25, -0.2) is 14.4 Å². The van der Waals surface area contributed by atoms with Crippen LogP contribution in [0.2, 0.25) is 0 Å². The smallest absolute Gasteiger partial charge is 0.449 e. The van der Waals surface area contributed by atoms with Crippen molar-refractivity contribution in [3.8, 4) is 17.1 Å². The number of pyridine rings is 1. The van der Waals surface area contributed by atoms with Gasteiger partial charge in [-0.05, 0) is 54.7 Å². The second kappa shape index (κ2) is 8.76. The fourth-order valence-electron chi connectivity index (χ4n) is 5.19. The molecule has 5 rings (SSSR count). The predicted octanol–water partition coefficient (Wildman–Crippen LogP) is 4.98. The standard InChI is InChI=1S/C25H23F4N3O3/c1-34-20-7-6-18(19-11-30-23(32-19)25(27,28)29)31-22(20)16-10-24(35-13-16)9-8-15(12-33)21(24)14-2-4-17(26)5-3-14/h2-7,10-11,15,21,33H,8-9,12-13H2,1H3,(H,30,32)/t15-,21-,24-/m1/s1. The Labute approximate surface area is 198 Å². The first-order valence-corrected chi connectivity index (χ1v) is 11.1. The molecule has 6 nitrogen and oxygen atoms in total. The topological polar surface area (TPSA) is 80.3 Å². The maximum absolute atomic E-state index is 13.5. The number of alkyl halides is 3. The largest absolute Gasteiger partial charge is 0.494 e. The molecule has 0 radical (unpaired) electrons. The Hall–Kier alpha value is -3.24. The summed E-state index contributed by atoms with van der Waals surface area (Å²) in [5.41, 5.74) is 1.73. The summed E-state index contributed by atoms with van der Waals surface area (Å²) in [6.45, 7) is 0.175. The Bertz CT molecular complexity index is 1260. The van der Waals surface area contributed by atoms with Gasteiger partial charge in [0.15, 0.2) is 0 Å². The number of rotatable bonds is 5. The van der Waals surface area contributed by atoms with E-state index in [9.17, 15) is 22.7 Å². The minimum Gasteiger partial charge on any atom is -0.494 e. The van der Waals surface area contributed by atoms with Crippen LogP contribution in [0.1, 0.15) is 35.8 Å². The zero-order valence-electron chi connectivity index (χ0n) is 18.8. The van der Waals surface area contributed by atoms with E-state index in [0.29, 0.717) is 17.9 Å². The highest BCUT2D eigenvalue weighted by atomic mass is 19.4. The summed E-state index contributed by atoms with van der Waals surface area (Å²) in [5, 5.41) is 10.0. The number of methoxy groups -OCH3 is 1. The minimum absolute atomic E-state index is 0.0330. The van der Waals surface area contributed by atoms with Crippen molar-refractivity contribution < 1.29 is 32.1 Å². The minimum atomic E-state index is -4.59. The number of aromatic nitrogens is 3. The number of aromatic amines is 1. The number of aliphatic hydroxyl groups is 1. The monoisotopic (exact) mass is 489 g/mol. The van der Waals surface area contributed by atoms with Gasteiger partial charge in [0.25, 0.3) is 0 Å². The van der Waals surface area contributed by atoms with Gasteiger partial charge in [0.05, 0.1) is 36.9 Å². The van der Waals surface area contributed by atoms with Crippen molar-refractivity contribution >= 4 is 5.57 Å². The van der Waals surface area contributed by atoms with E-state index < -0.39 is 17.6 Å². The number of hydrogen-bond donors (Lipinski definition) is 2. The number of imidazole rings is 1. The summed E-state index contributed by atoms with van der Waals surface area (Å²) in [6.07, 6.45) is -0.152. The average Bonchev–Trinajstić information content (AvgIpc) is 3.58. The van der Waals surface area contributed by atoms with E-state index in [4.69, 9.17) is 9.47 Å². The van der Waals surface area contributed by atoms with Crippen LogP contribution < -0.4 is 4.74 Å². The highest BCUT2D eigenvalue weighted by Gasteiger charge is 2.51. The van der Waals surface area contributed by atoms with Gasteiger partial charge in [-0.2, -0.15) is 13.2 Å². The van der Waals surface area contributed by atoms with Crippen molar-refractivity contribution in [3.05, 3.63) is 71.6 Å². The molecule has 1 saturated carbocycles. The zero-order chi connectivity index (χ0) is 24.8. The molecule has 0 bridgehead atoms. The van der Waals surface area contributed by atoms with Crippen molar-refractivity contribution in [1.82, 2.24) is 15.0 Å². The highest BCUT2D eigenvalue weighted by molar-refractivity contribution is 5.73. The van der Waals surface area contributed by atoms with Crippen LogP contribution in [0, 0.1) is 11.7 Å². The van der Waals surface area contributed by atoms with Crippen LogP contribution >= 0.6 is 0 Å². The molecule has 2 aromatic heterocycles. The lowest BCUT2D eigenvalue weighted by Gasteiger charge is -2.32. The predicted molar refractivity (Wildman–Crippen MR) is 119 cm³/mol. The molecule has 0 amide bonds. The number of hydrogen-bond acceptors (Lipinski definition) is 5. The van der Waals surface area contributed by atoms with Crippen LogP contribution in [0.15, 0.2) is 48.7 Å². The third kappa shape index (κ3) is 4.21. The third-order valence-electron chi connectivity index (χ3n) is 6.78. The highest BCUT2D eigenvalue weighted by Crippen LogP contribution is 2.53. The first kappa shape index (κ1) is 23.5. The molecule has 1 aliphatic carbocycles. The van der Waals surface area contributed by atoms with E-state index in [0.717, 1.165) is 23.8 Å². The SMILES string of the molecule is COc1ccc(-c2cnc(C(F)(F)F)[nH]2)nc1C1=C[C@@]2(CC[C@H](CO)[C@H]2c2ccc(F)cc2)OC1. The second-order valence-electron chi connectivity index (χ2n) is 8.81. The van der Waals surface area contributed by atoms with Gasteiger partial charge < -0.3 is 19.6 Å². The molecule has 10 heteroatoms.